The smallest absolute Gasteiger partial charge is 0.226 e. The molecule has 0 aromatic carbocycles. The summed E-state index contributed by atoms with van der Waals surface area (Å²) in [6.45, 7) is 9.43. The van der Waals surface area contributed by atoms with Crippen LogP contribution in [-0.2, 0) is 28.6 Å². The lowest BCUT2D eigenvalue weighted by molar-refractivity contribution is -0.140. The molecule has 0 aromatic rings. The highest BCUT2D eigenvalue weighted by Crippen LogP contribution is 2.28. The van der Waals surface area contributed by atoms with Crippen molar-refractivity contribution in [2.24, 2.45) is 5.41 Å². The van der Waals surface area contributed by atoms with E-state index < -0.39 is 23.7 Å². The lowest BCUT2D eigenvalue weighted by Crippen LogP contribution is -2.40. The van der Waals surface area contributed by atoms with Crippen molar-refractivity contribution < 1.29 is 28.6 Å². The van der Waals surface area contributed by atoms with Crippen LogP contribution >= 0.6 is 95.6 Å². The lowest BCUT2D eigenvalue weighted by Gasteiger charge is -2.33. The molecule has 0 amide bonds. The second-order valence-corrected chi connectivity index (χ2v) is 27.8. The van der Waals surface area contributed by atoms with Gasteiger partial charge in [-0.2, -0.15) is 0 Å². The molecule has 0 spiro atoms. The fourth-order valence-corrected chi connectivity index (χ4v) is 12.4. The maximum absolute atomic E-state index is 12.8. The van der Waals surface area contributed by atoms with Gasteiger partial charge in [-0.3, -0.25) is 14.4 Å². The standard InChI is InChI=1S/C59H108Br6O6/c1-5-8-11-14-20-29-38-50(60)41-32-23-17-26-35-44-53(56(63)66)69-47-59(4,48-70-54(57(64)67)45-36-27-18-24-33-42-51(61)39-30-21-15-12-9-6-2)49-71-55(58(65)68)46-37-28-19-25-34-43-52(62)40-31-22-16-13-10-7-3/h50-55H,5-49H2,1-4H3. The molecule has 6 atom stereocenters. The maximum atomic E-state index is 12.8. The summed E-state index contributed by atoms with van der Waals surface area (Å²) in [5.74, 6) is 0. The van der Waals surface area contributed by atoms with Crippen molar-refractivity contribution in [2.45, 2.75) is 330 Å². The molecule has 0 aliphatic heterocycles. The zero-order valence-corrected chi connectivity index (χ0v) is 55.5. The highest BCUT2D eigenvalue weighted by atomic mass is 79.9. The van der Waals surface area contributed by atoms with Gasteiger partial charge in [0.2, 0.25) is 14.1 Å². The fourth-order valence-electron chi connectivity index (χ4n) is 9.37. The summed E-state index contributed by atoms with van der Waals surface area (Å²) in [6, 6.07) is 0. The summed E-state index contributed by atoms with van der Waals surface area (Å²) in [5.41, 5.74) is -0.701. The molecule has 0 rings (SSSR count). The molecule has 0 aromatic heterocycles. The van der Waals surface area contributed by atoms with Crippen molar-refractivity contribution in [1.82, 2.24) is 0 Å². The first kappa shape index (κ1) is 72.8. The number of hydrogen-bond donors (Lipinski definition) is 0. The van der Waals surface area contributed by atoms with Crippen molar-refractivity contribution in [3.05, 3.63) is 0 Å². The highest BCUT2D eigenvalue weighted by molar-refractivity contribution is 9.18. The molecule has 0 aliphatic carbocycles. The highest BCUT2D eigenvalue weighted by Gasteiger charge is 2.33. The summed E-state index contributed by atoms with van der Waals surface area (Å²) < 4.78 is 18.7. The monoisotopic (exact) mass is 1390 g/mol. The van der Waals surface area contributed by atoms with Gasteiger partial charge in [0.1, 0.15) is 18.3 Å². The molecule has 0 saturated heterocycles. The first-order valence-electron chi connectivity index (χ1n) is 29.6. The van der Waals surface area contributed by atoms with Crippen molar-refractivity contribution in [3.8, 4) is 0 Å². The number of carbonyl (C=O) groups is 3. The van der Waals surface area contributed by atoms with Crippen LogP contribution < -0.4 is 0 Å². The Balaban J connectivity index is 5.19. The zero-order chi connectivity index (χ0) is 52.6. The van der Waals surface area contributed by atoms with Crippen molar-refractivity contribution in [1.29, 1.82) is 0 Å². The number of ether oxygens (including phenoxy) is 3. The van der Waals surface area contributed by atoms with Gasteiger partial charge in [-0.25, -0.2) is 0 Å². The van der Waals surface area contributed by atoms with Gasteiger partial charge < -0.3 is 14.2 Å². The van der Waals surface area contributed by atoms with E-state index in [1.165, 1.54) is 193 Å². The van der Waals surface area contributed by atoms with E-state index in [9.17, 15) is 14.4 Å². The van der Waals surface area contributed by atoms with E-state index in [1.807, 2.05) is 6.92 Å². The predicted octanol–water partition coefficient (Wildman–Crippen LogP) is 21.6. The first-order valence-corrected chi connectivity index (χ1v) is 34.8. The van der Waals surface area contributed by atoms with Crippen LogP contribution in [0, 0.1) is 5.41 Å². The Morgan fingerprint density at radius 1 is 0.310 bits per heavy atom. The Kier molecular flexibility index (Phi) is 53.8. The molecule has 0 bridgehead atoms. The topological polar surface area (TPSA) is 78.9 Å². The van der Waals surface area contributed by atoms with E-state index in [-0.39, 0.29) is 33.9 Å². The molecule has 6 unspecified atom stereocenters. The third kappa shape index (κ3) is 47.5. The van der Waals surface area contributed by atoms with Gasteiger partial charge in [-0.05, 0) is 106 Å². The van der Waals surface area contributed by atoms with Gasteiger partial charge in [0.15, 0.2) is 0 Å². The number of hydrogen-bond acceptors (Lipinski definition) is 6. The van der Waals surface area contributed by atoms with Gasteiger partial charge in [0.05, 0.1) is 19.8 Å². The van der Waals surface area contributed by atoms with E-state index in [2.05, 4.69) is 116 Å². The van der Waals surface area contributed by atoms with Gasteiger partial charge in [0, 0.05) is 19.9 Å². The van der Waals surface area contributed by atoms with Crippen LogP contribution in [0.2, 0.25) is 0 Å². The van der Waals surface area contributed by atoms with Crippen molar-refractivity contribution in [3.63, 3.8) is 0 Å². The predicted molar refractivity (Wildman–Crippen MR) is 328 cm³/mol. The van der Waals surface area contributed by atoms with Crippen LogP contribution in [-0.4, -0.2) is 66.7 Å². The molecule has 0 heterocycles. The van der Waals surface area contributed by atoms with Gasteiger partial charge in [0.25, 0.3) is 0 Å². The van der Waals surface area contributed by atoms with Crippen LogP contribution in [0.4, 0.5) is 0 Å². The number of alkyl halides is 3. The Labute approximate surface area is 489 Å². The van der Waals surface area contributed by atoms with E-state index in [4.69, 9.17) is 14.2 Å². The number of halogens is 6. The average Bonchev–Trinajstić information content (AvgIpc) is 3.33. The molecular weight excluding hydrogens is 1280 g/mol. The Bertz CT molecular complexity index is 1070. The third-order valence-electron chi connectivity index (χ3n) is 14.2. The second kappa shape index (κ2) is 52.5. The molecule has 71 heavy (non-hydrogen) atoms. The normalized spacial score (nSPS) is 15.3. The molecular formula is C59H108Br6O6. The van der Waals surface area contributed by atoms with Crippen LogP contribution in [0.5, 0.6) is 0 Å². The van der Waals surface area contributed by atoms with E-state index >= 15 is 0 Å². The third-order valence-corrected chi connectivity index (χ3v) is 18.5. The molecule has 0 aliphatic rings. The first-order chi connectivity index (χ1) is 34.3. The molecule has 0 saturated carbocycles. The van der Waals surface area contributed by atoms with Crippen LogP contribution in [0.15, 0.2) is 0 Å². The average molecular weight is 1390 g/mol. The molecule has 0 N–H and O–H groups in total. The molecule has 12 heteroatoms. The molecule has 0 radical (unpaired) electrons. The molecule has 422 valence electrons. The van der Waals surface area contributed by atoms with E-state index in [1.54, 1.807) is 0 Å². The van der Waals surface area contributed by atoms with Crippen molar-refractivity contribution >= 4 is 110 Å². The van der Waals surface area contributed by atoms with Crippen LogP contribution in [0.1, 0.15) is 297 Å². The fraction of sp³-hybridized carbons (Fsp3) is 0.949. The summed E-state index contributed by atoms with van der Waals surface area (Å²) >= 11 is 21.5. The summed E-state index contributed by atoms with van der Waals surface area (Å²) in [7, 11) is 0. The minimum absolute atomic E-state index is 0.158. The number of rotatable bonds is 57. The minimum Gasteiger partial charge on any atom is -0.369 e. The van der Waals surface area contributed by atoms with Gasteiger partial charge >= 0.3 is 0 Å². The van der Waals surface area contributed by atoms with Crippen LogP contribution in [0.25, 0.3) is 0 Å². The van der Waals surface area contributed by atoms with Gasteiger partial charge in [-0.1, -0.05) is 287 Å². The van der Waals surface area contributed by atoms with Crippen LogP contribution in [0.3, 0.4) is 0 Å². The zero-order valence-electron chi connectivity index (χ0n) is 46.0. The summed E-state index contributed by atoms with van der Waals surface area (Å²) in [5, 5.41) is 0. The minimum atomic E-state index is -0.701. The Hall–Kier alpha value is 1.77. The maximum Gasteiger partial charge on any atom is 0.226 e. The molecule has 6 nitrogen and oxygen atoms in total. The SMILES string of the molecule is CCCCCCCCC(Br)CCCCCCCC(OCC(C)(COC(CCCCCCCC(Br)CCCCCCCC)C(=O)Br)COC(CCCCCCCC(Br)CCCCCCCC)C(=O)Br)C(=O)Br. The second-order valence-electron chi connectivity index (χ2n) is 21.6. The van der Waals surface area contributed by atoms with Crippen molar-refractivity contribution in [2.75, 3.05) is 19.8 Å². The van der Waals surface area contributed by atoms with E-state index in [0.717, 1.165) is 57.8 Å². The largest absolute Gasteiger partial charge is 0.369 e. The summed E-state index contributed by atoms with van der Waals surface area (Å²) in [6.07, 6.45) is 48.4. The van der Waals surface area contributed by atoms with E-state index in [0.29, 0.717) is 33.7 Å². The van der Waals surface area contributed by atoms with Gasteiger partial charge in [-0.15, -0.1) is 0 Å². The lowest BCUT2D eigenvalue weighted by atomic mass is 9.93. The number of unbranched alkanes of at least 4 members (excludes halogenated alkanes) is 27. The number of carbonyl (C=O) groups excluding carboxylic acids is 3. The molecule has 0 fully saturated rings. The Morgan fingerprint density at radius 2 is 0.479 bits per heavy atom. The Morgan fingerprint density at radius 3 is 0.662 bits per heavy atom. The summed E-state index contributed by atoms with van der Waals surface area (Å²) in [4.78, 5) is 40.4. The quantitative estimate of drug-likeness (QED) is 0.0343.